The Morgan fingerprint density at radius 3 is 2.70 bits per heavy atom. The number of esters is 1. The average Bonchev–Trinajstić information content (AvgIpc) is 2.66. The molecule has 0 radical (unpaired) electrons. The van der Waals surface area contributed by atoms with Gasteiger partial charge in [0.1, 0.15) is 5.82 Å². The van der Waals surface area contributed by atoms with Gasteiger partial charge in [0, 0.05) is 18.3 Å². The molecule has 2 N–H and O–H groups in total. The van der Waals surface area contributed by atoms with Crippen molar-refractivity contribution >= 4 is 23.4 Å². The third-order valence-electron chi connectivity index (χ3n) is 3.78. The summed E-state index contributed by atoms with van der Waals surface area (Å²) < 4.78 is 5.03. The van der Waals surface area contributed by atoms with Gasteiger partial charge in [0.05, 0.1) is 17.9 Å². The number of hydrogen-bond acceptors (Lipinski definition) is 6. The first-order chi connectivity index (χ1) is 13.0. The number of hydrogen-bond donors (Lipinski definition) is 2. The Balaban J connectivity index is 2.04. The maximum atomic E-state index is 12.6. The summed E-state index contributed by atoms with van der Waals surface area (Å²) >= 11 is 0. The Hall–Kier alpha value is -2.93. The van der Waals surface area contributed by atoms with Gasteiger partial charge in [-0.25, -0.2) is 9.78 Å². The number of pyridine rings is 1. The summed E-state index contributed by atoms with van der Waals surface area (Å²) in [6.07, 6.45) is 2.55. The van der Waals surface area contributed by atoms with E-state index in [4.69, 9.17) is 4.74 Å². The van der Waals surface area contributed by atoms with Crippen molar-refractivity contribution in [3.63, 3.8) is 0 Å². The summed E-state index contributed by atoms with van der Waals surface area (Å²) in [6, 6.07) is 10.1. The molecule has 7 nitrogen and oxygen atoms in total. The van der Waals surface area contributed by atoms with Crippen LogP contribution < -0.4 is 10.6 Å². The summed E-state index contributed by atoms with van der Waals surface area (Å²) in [6.45, 7) is 3.75. The molecule has 0 saturated heterocycles. The van der Waals surface area contributed by atoms with Crippen molar-refractivity contribution in [3.8, 4) is 0 Å². The molecular weight excluding hydrogens is 344 g/mol. The second-order valence-corrected chi connectivity index (χ2v) is 6.23. The fourth-order valence-corrected chi connectivity index (χ4v) is 2.45. The highest BCUT2D eigenvalue weighted by Gasteiger charge is 2.15. The number of amides is 1. The molecule has 0 atom stereocenters. The number of aromatic nitrogens is 1. The van der Waals surface area contributed by atoms with Crippen LogP contribution in [0, 0.1) is 0 Å². The van der Waals surface area contributed by atoms with Gasteiger partial charge in [-0.2, -0.15) is 0 Å². The highest BCUT2D eigenvalue weighted by atomic mass is 16.5. The normalized spacial score (nSPS) is 10.5. The van der Waals surface area contributed by atoms with Crippen LogP contribution in [0.25, 0.3) is 0 Å². The lowest BCUT2D eigenvalue weighted by Gasteiger charge is -2.12. The minimum absolute atomic E-state index is 0.272. The van der Waals surface area contributed by atoms with E-state index in [2.05, 4.69) is 20.5 Å². The van der Waals surface area contributed by atoms with E-state index in [1.807, 2.05) is 14.1 Å². The van der Waals surface area contributed by atoms with Gasteiger partial charge in [0.15, 0.2) is 0 Å². The van der Waals surface area contributed by atoms with Crippen LogP contribution in [0.2, 0.25) is 0 Å². The first kappa shape index (κ1) is 20.4. The van der Waals surface area contributed by atoms with Gasteiger partial charge in [-0.05, 0) is 58.3 Å². The molecule has 27 heavy (non-hydrogen) atoms. The lowest BCUT2D eigenvalue weighted by Crippen LogP contribution is -2.17. The van der Waals surface area contributed by atoms with Crippen LogP contribution in [-0.4, -0.2) is 55.6 Å². The fourth-order valence-electron chi connectivity index (χ4n) is 2.45. The number of benzene rings is 1. The van der Waals surface area contributed by atoms with Gasteiger partial charge < -0.3 is 20.3 Å². The van der Waals surface area contributed by atoms with Gasteiger partial charge in [-0.1, -0.05) is 12.1 Å². The maximum Gasteiger partial charge on any atom is 0.340 e. The van der Waals surface area contributed by atoms with Gasteiger partial charge in [0.25, 0.3) is 5.91 Å². The van der Waals surface area contributed by atoms with Crippen molar-refractivity contribution in [2.24, 2.45) is 0 Å². The molecular formula is C20H26N4O3. The zero-order chi connectivity index (χ0) is 19.6. The Labute approximate surface area is 159 Å². The van der Waals surface area contributed by atoms with Crippen LogP contribution in [0.5, 0.6) is 0 Å². The molecule has 0 fully saturated rings. The van der Waals surface area contributed by atoms with Gasteiger partial charge in [-0.3, -0.25) is 4.79 Å². The molecule has 1 aromatic carbocycles. The molecule has 2 rings (SSSR count). The standard InChI is InChI=1S/C20H26N4O3/c1-4-27-20(26)16-8-5-6-9-17(16)23-19(25)15-10-12-22-18(14-15)21-11-7-13-24(2)3/h5-6,8-10,12,14H,4,7,11,13H2,1-3H3,(H,21,22)(H,23,25). The van der Waals surface area contributed by atoms with Crippen LogP contribution in [0.1, 0.15) is 34.1 Å². The third kappa shape index (κ3) is 6.38. The molecule has 0 aliphatic carbocycles. The number of nitrogens with zero attached hydrogens (tertiary/aromatic N) is 2. The number of ether oxygens (including phenoxy) is 1. The molecule has 144 valence electrons. The molecule has 0 aliphatic heterocycles. The maximum absolute atomic E-state index is 12.6. The van der Waals surface area contributed by atoms with Crippen molar-refractivity contribution in [1.82, 2.24) is 9.88 Å². The van der Waals surface area contributed by atoms with Crippen molar-refractivity contribution in [1.29, 1.82) is 0 Å². The summed E-state index contributed by atoms with van der Waals surface area (Å²) in [5, 5.41) is 5.99. The van der Waals surface area contributed by atoms with E-state index in [1.165, 1.54) is 0 Å². The van der Waals surface area contributed by atoms with E-state index in [9.17, 15) is 9.59 Å². The van der Waals surface area contributed by atoms with Gasteiger partial charge >= 0.3 is 5.97 Å². The van der Waals surface area contributed by atoms with Crippen molar-refractivity contribution in [3.05, 3.63) is 53.7 Å². The lowest BCUT2D eigenvalue weighted by atomic mass is 10.1. The smallest absolute Gasteiger partial charge is 0.340 e. The van der Waals surface area contributed by atoms with Crippen LogP contribution in [0.3, 0.4) is 0 Å². The number of carbonyl (C=O) groups is 2. The second-order valence-electron chi connectivity index (χ2n) is 6.23. The molecule has 1 heterocycles. The Kier molecular flexibility index (Phi) is 7.76. The SMILES string of the molecule is CCOC(=O)c1ccccc1NC(=O)c1ccnc(NCCCN(C)C)c1. The molecule has 0 aliphatic rings. The predicted octanol–water partition coefficient (Wildman–Crippen LogP) is 2.87. The zero-order valence-corrected chi connectivity index (χ0v) is 16.0. The summed E-state index contributed by atoms with van der Waals surface area (Å²) in [5.74, 6) is -0.142. The van der Waals surface area contributed by atoms with Gasteiger partial charge in [0.2, 0.25) is 0 Å². The number of para-hydroxylation sites is 1. The van der Waals surface area contributed by atoms with Crippen molar-refractivity contribution in [2.45, 2.75) is 13.3 Å². The molecule has 1 aromatic heterocycles. The third-order valence-corrected chi connectivity index (χ3v) is 3.78. The molecule has 0 spiro atoms. The number of carbonyl (C=O) groups excluding carboxylic acids is 2. The number of rotatable bonds is 9. The highest BCUT2D eigenvalue weighted by molar-refractivity contribution is 6.08. The largest absolute Gasteiger partial charge is 0.462 e. The second kappa shape index (κ2) is 10.3. The first-order valence-corrected chi connectivity index (χ1v) is 8.93. The van der Waals surface area contributed by atoms with E-state index in [0.29, 0.717) is 22.6 Å². The molecule has 7 heteroatoms. The molecule has 0 bridgehead atoms. The monoisotopic (exact) mass is 370 g/mol. The molecule has 0 unspecified atom stereocenters. The van der Waals surface area contributed by atoms with E-state index in [-0.39, 0.29) is 12.5 Å². The van der Waals surface area contributed by atoms with Gasteiger partial charge in [-0.15, -0.1) is 0 Å². The minimum Gasteiger partial charge on any atom is -0.462 e. The lowest BCUT2D eigenvalue weighted by molar-refractivity contribution is 0.0527. The van der Waals surface area contributed by atoms with Crippen LogP contribution >= 0.6 is 0 Å². The van der Waals surface area contributed by atoms with Crippen LogP contribution in [-0.2, 0) is 4.74 Å². The molecule has 1 amide bonds. The number of anilines is 2. The molecule has 2 aromatic rings. The van der Waals surface area contributed by atoms with Crippen LogP contribution in [0.15, 0.2) is 42.6 Å². The molecule has 0 saturated carbocycles. The zero-order valence-electron chi connectivity index (χ0n) is 16.0. The van der Waals surface area contributed by atoms with E-state index in [1.54, 1.807) is 49.5 Å². The fraction of sp³-hybridized carbons (Fsp3) is 0.350. The minimum atomic E-state index is -0.466. The average molecular weight is 370 g/mol. The number of nitrogens with one attached hydrogen (secondary N) is 2. The summed E-state index contributed by atoms with van der Waals surface area (Å²) in [7, 11) is 4.05. The van der Waals surface area contributed by atoms with E-state index >= 15 is 0 Å². The Bertz CT molecular complexity index is 777. The van der Waals surface area contributed by atoms with Crippen molar-refractivity contribution < 1.29 is 14.3 Å². The summed E-state index contributed by atoms with van der Waals surface area (Å²) in [5.41, 5.74) is 1.20. The van der Waals surface area contributed by atoms with Crippen LogP contribution in [0.4, 0.5) is 11.5 Å². The van der Waals surface area contributed by atoms with E-state index < -0.39 is 5.97 Å². The highest BCUT2D eigenvalue weighted by Crippen LogP contribution is 2.18. The predicted molar refractivity (Wildman–Crippen MR) is 106 cm³/mol. The summed E-state index contributed by atoms with van der Waals surface area (Å²) in [4.78, 5) is 31.0. The Morgan fingerprint density at radius 1 is 1.19 bits per heavy atom. The quantitative estimate of drug-likeness (QED) is 0.522. The topological polar surface area (TPSA) is 83.6 Å². The Morgan fingerprint density at radius 2 is 1.96 bits per heavy atom. The van der Waals surface area contributed by atoms with E-state index in [0.717, 1.165) is 19.5 Å². The first-order valence-electron chi connectivity index (χ1n) is 8.93. The van der Waals surface area contributed by atoms with Crippen molar-refractivity contribution in [2.75, 3.05) is 44.4 Å².